The van der Waals surface area contributed by atoms with E-state index in [2.05, 4.69) is 26.1 Å². The van der Waals surface area contributed by atoms with Crippen molar-refractivity contribution in [1.82, 2.24) is 14.5 Å². The highest BCUT2D eigenvalue weighted by Gasteiger charge is 2.39. The second kappa shape index (κ2) is 7.81. The topological polar surface area (TPSA) is 93.4 Å². The molecule has 7 nitrogen and oxygen atoms in total. The Balaban J connectivity index is 1.60. The van der Waals surface area contributed by atoms with Gasteiger partial charge in [0.05, 0.1) is 17.0 Å². The van der Waals surface area contributed by atoms with E-state index in [1.807, 2.05) is 24.3 Å². The third kappa shape index (κ3) is 4.17. The zero-order valence-electron chi connectivity index (χ0n) is 15.6. The molecular weight excluding hydrogens is 458 g/mol. The normalized spacial score (nSPS) is 14.3. The number of nitrogens with zero attached hydrogens (tertiary/aromatic N) is 3. The number of ketones is 1. The first-order valence-electron chi connectivity index (χ1n) is 9.06. The summed E-state index contributed by atoms with van der Waals surface area (Å²) >= 11 is 3.45. The molecule has 0 atom stereocenters. The lowest BCUT2D eigenvalue weighted by Gasteiger charge is -2.20. The summed E-state index contributed by atoms with van der Waals surface area (Å²) in [6.07, 6.45) is 1.58. The van der Waals surface area contributed by atoms with Crippen molar-refractivity contribution in [2.24, 2.45) is 0 Å². The first kappa shape index (κ1) is 19.9. The third-order valence-electron chi connectivity index (χ3n) is 4.68. The van der Waals surface area contributed by atoms with Crippen LogP contribution >= 0.6 is 15.9 Å². The maximum absolute atomic E-state index is 13.2. The second-order valence-electron chi connectivity index (χ2n) is 6.84. The number of benzene rings is 2. The summed E-state index contributed by atoms with van der Waals surface area (Å²) < 4.78 is 34.3. The first-order valence-corrected chi connectivity index (χ1v) is 11.3. The van der Waals surface area contributed by atoms with Gasteiger partial charge in [-0.15, -0.1) is 10.2 Å². The molecule has 0 radical (unpaired) electrons. The van der Waals surface area contributed by atoms with Crippen LogP contribution < -0.4 is 0 Å². The van der Waals surface area contributed by atoms with Gasteiger partial charge in [0.1, 0.15) is 0 Å². The van der Waals surface area contributed by atoms with Crippen LogP contribution in [0.25, 0.3) is 11.5 Å². The first-order chi connectivity index (χ1) is 13.9. The van der Waals surface area contributed by atoms with E-state index in [9.17, 15) is 13.2 Å². The van der Waals surface area contributed by atoms with E-state index in [1.54, 1.807) is 0 Å². The van der Waals surface area contributed by atoms with Crippen molar-refractivity contribution in [2.75, 3.05) is 0 Å². The van der Waals surface area contributed by atoms with Crippen molar-refractivity contribution < 1.29 is 17.6 Å². The molecule has 1 aliphatic carbocycles. The highest BCUT2D eigenvalue weighted by Crippen LogP contribution is 2.34. The lowest BCUT2D eigenvalue weighted by atomic mass is 10.2. The van der Waals surface area contributed by atoms with Crippen LogP contribution in [0.5, 0.6) is 0 Å². The molecule has 4 rings (SSSR count). The quantitative estimate of drug-likeness (QED) is 0.478. The molecule has 1 heterocycles. The molecule has 29 heavy (non-hydrogen) atoms. The fourth-order valence-electron chi connectivity index (χ4n) is 2.96. The van der Waals surface area contributed by atoms with Crippen molar-refractivity contribution in [2.45, 2.75) is 37.2 Å². The number of carbonyl (C=O) groups excluding carboxylic acids is 1. The van der Waals surface area contributed by atoms with Gasteiger partial charge in [0.25, 0.3) is 0 Å². The zero-order valence-corrected chi connectivity index (χ0v) is 18.0. The summed E-state index contributed by atoms with van der Waals surface area (Å²) in [5.41, 5.74) is 1.21. The number of sulfonamides is 1. The fourth-order valence-corrected chi connectivity index (χ4v) is 5.05. The van der Waals surface area contributed by atoms with Gasteiger partial charge in [-0.1, -0.05) is 24.3 Å². The average Bonchev–Trinajstić information content (AvgIpc) is 3.44. The van der Waals surface area contributed by atoms with Gasteiger partial charge in [-0.05, 0) is 60.0 Å². The molecule has 0 saturated heterocycles. The lowest BCUT2D eigenvalue weighted by molar-refractivity contribution is 0.101. The van der Waals surface area contributed by atoms with Gasteiger partial charge in [0.2, 0.25) is 21.8 Å². The van der Waals surface area contributed by atoms with Gasteiger partial charge >= 0.3 is 0 Å². The molecule has 1 aliphatic rings. The standard InChI is InChI=1S/C20H18BrN3O4S/c1-13(25)14-6-10-16(11-7-14)29(26,27)24(15-8-9-15)12-19-22-23-20(28-19)17-4-2-3-5-18(17)21/h2-7,10-11,15H,8-9,12H2,1H3. The minimum Gasteiger partial charge on any atom is -0.419 e. The average molecular weight is 476 g/mol. The van der Waals surface area contributed by atoms with Crippen molar-refractivity contribution in [3.8, 4) is 11.5 Å². The number of halogens is 1. The highest BCUT2D eigenvalue weighted by molar-refractivity contribution is 9.10. The van der Waals surface area contributed by atoms with Gasteiger partial charge in [0, 0.05) is 16.1 Å². The molecule has 9 heteroatoms. The Labute approximate surface area is 176 Å². The van der Waals surface area contributed by atoms with E-state index >= 15 is 0 Å². The molecule has 3 aromatic rings. The minimum atomic E-state index is -3.76. The largest absolute Gasteiger partial charge is 0.419 e. The summed E-state index contributed by atoms with van der Waals surface area (Å²) in [6, 6.07) is 13.3. The Morgan fingerprint density at radius 2 is 1.83 bits per heavy atom. The van der Waals surface area contributed by atoms with Gasteiger partial charge in [0.15, 0.2) is 5.78 Å². The molecule has 0 N–H and O–H groups in total. The molecule has 0 bridgehead atoms. The van der Waals surface area contributed by atoms with Gasteiger partial charge in [-0.2, -0.15) is 4.31 Å². The molecule has 1 saturated carbocycles. The highest BCUT2D eigenvalue weighted by atomic mass is 79.9. The Bertz CT molecular complexity index is 1150. The molecule has 0 spiro atoms. The monoisotopic (exact) mass is 475 g/mol. The molecule has 0 aliphatic heterocycles. The number of aromatic nitrogens is 2. The number of hydrogen-bond donors (Lipinski definition) is 0. The molecule has 1 aromatic heterocycles. The summed E-state index contributed by atoms with van der Waals surface area (Å²) in [5, 5.41) is 8.10. The van der Waals surface area contributed by atoms with E-state index in [4.69, 9.17) is 4.42 Å². The smallest absolute Gasteiger partial charge is 0.248 e. The number of rotatable bonds is 7. The van der Waals surface area contributed by atoms with Gasteiger partial charge in [-0.3, -0.25) is 4.79 Å². The van der Waals surface area contributed by atoms with E-state index in [-0.39, 0.29) is 29.2 Å². The predicted molar refractivity (Wildman–Crippen MR) is 110 cm³/mol. The van der Waals surface area contributed by atoms with E-state index in [0.29, 0.717) is 11.5 Å². The Morgan fingerprint density at radius 1 is 1.14 bits per heavy atom. The third-order valence-corrected chi connectivity index (χ3v) is 7.29. The van der Waals surface area contributed by atoms with Crippen LogP contribution in [0.1, 0.15) is 36.0 Å². The molecule has 2 aromatic carbocycles. The molecule has 0 amide bonds. The summed E-state index contributed by atoms with van der Waals surface area (Å²) in [5.74, 6) is 0.441. The Hall–Kier alpha value is -2.36. The Morgan fingerprint density at radius 3 is 2.45 bits per heavy atom. The van der Waals surface area contributed by atoms with Gasteiger partial charge in [-0.25, -0.2) is 8.42 Å². The summed E-state index contributed by atoms with van der Waals surface area (Å²) in [7, 11) is -3.76. The maximum Gasteiger partial charge on any atom is 0.248 e. The van der Waals surface area contributed by atoms with Crippen LogP contribution in [0.4, 0.5) is 0 Å². The van der Waals surface area contributed by atoms with Crippen molar-refractivity contribution in [3.05, 3.63) is 64.5 Å². The molecule has 150 valence electrons. The van der Waals surface area contributed by atoms with Crippen molar-refractivity contribution in [1.29, 1.82) is 0 Å². The SMILES string of the molecule is CC(=O)c1ccc(S(=O)(=O)N(Cc2nnc(-c3ccccc3Br)o2)C2CC2)cc1. The van der Waals surface area contributed by atoms with Crippen LogP contribution in [0.3, 0.4) is 0 Å². The van der Waals surface area contributed by atoms with Crippen LogP contribution in [0.2, 0.25) is 0 Å². The summed E-state index contributed by atoms with van der Waals surface area (Å²) in [6.45, 7) is 1.44. The fraction of sp³-hybridized carbons (Fsp3) is 0.250. The second-order valence-corrected chi connectivity index (χ2v) is 9.59. The van der Waals surface area contributed by atoms with E-state index in [0.717, 1.165) is 22.9 Å². The number of hydrogen-bond acceptors (Lipinski definition) is 6. The molecule has 1 fully saturated rings. The zero-order chi connectivity index (χ0) is 20.6. The molecule has 0 unspecified atom stereocenters. The van der Waals surface area contributed by atoms with E-state index < -0.39 is 10.0 Å². The number of Topliss-reactive ketones (excluding diaryl/α,β-unsaturated/α-hetero) is 1. The summed E-state index contributed by atoms with van der Waals surface area (Å²) in [4.78, 5) is 11.6. The maximum atomic E-state index is 13.2. The van der Waals surface area contributed by atoms with Gasteiger partial charge < -0.3 is 4.42 Å². The van der Waals surface area contributed by atoms with Crippen LogP contribution in [0, 0.1) is 0 Å². The Kier molecular flexibility index (Phi) is 5.37. The predicted octanol–water partition coefficient (Wildman–Crippen LogP) is 4.06. The molecular formula is C20H18BrN3O4S. The van der Waals surface area contributed by atoms with Crippen LogP contribution in [-0.2, 0) is 16.6 Å². The van der Waals surface area contributed by atoms with Crippen LogP contribution in [-0.4, -0.2) is 34.7 Å². The minimum absolute atomic E-state index is 0.00108. The lowest BCUT2D eigenvalue weighted by Crippen LogP contribution is -2.32. The van der Waals surface area contributed by atoms with Crippen molar-refractivity contribution >= 4 is 31.7 Å². The van der Waals surface area contributed by atoms with Crippen LogP contribution in [0.15, 0.2) is 62.3 Å². The van der Waals surface area contributed by atoms with Crippen molar-refractivity contribution in [3.63, 3.8) is 0 Å². The number of carbonyl (C=O) groups is 1. The van der Waals surface area contributed by atoms with E-state index in [1.165, 1.54) is 35.5 Å².